The predicted octanol–water partition coefficient (Wildman–Crippen LogP) is 3.98. The Hall–Kier alpha value is -1.65. The van der Waals surface area contributed by atoms with Crippen LogP contribution in [0.25, 0.3) is 15.8 Å². The van der Waals surface area contributed by atoms with Gasteiger partial charge in [0.25, 0.3) is 0 Å². The zero-order chi connectivity index (χ0) is 14.2. The molecule has 1 aromatic carbocycles. The molecule has 1 N–H and O–H groups in total. The van der Waals surface area contributed by atoms with Gasteiger partial charge in [0, 0.05) is 23.0 Å². The maximum atomic E-state index is 4.63. The molecule has 0 saturated carbocycles. The topological polar surface area (TPSA) is 29.9 Å². The number of hydrogen-bond acceptors (Lipinski definition) is 3. The summed E-state index contributed by atoms with van der Waals surface area (Å²) in [5.41, 5.74) is 2.28. The third kappa shape index (κ3) is 2.92. The summed E-state index contributed by atoms with van der Waals surface area (Å²) >= 11 is 1.77. The minimum atomic E-state index is 0.110. The van der Waals surface area contributed by atoms with E-state index in [1.54, 1.807) is 11.3 Å². The maximum Gasteiger partial charge on any atom is 0.0767 e. The molecule has 2 heterocycles. The maximum absolute atomic E-state index is 4.63. The van der Waals surface area contributed by atoms with Gasteiger partial charge in [-0.3, -0.25) is 0 Å². The van der Waals surface area contributed by atoms with Gasteiger partial charge in [-0.2, -0.15) is 5.10 Å². The highest BCUT2D eigenvalue weighted by Gasteiger charge is 2.10. The Kier molecular flexibility index (Phi) is 3.36. The van der Waals surface area contributed by atoms with E-state index in [0.29, 0.717) is 0 Å². The highest BCUT2D eigenvalue weighted by molar-refractivity contribution is 7.17. The number of benzene rings is 1. The lowest BCUT2D eigenvalue weighted by atomic mass is 10.1. The largest absolute Gasteiger partial charge is 0.306 e. The molecule has 3 rings (SSSR count). The summed E-state index contributed by atoms with van der Waals surface area (Å²) in [5, 5.41) is 11.5. The van der Waals surface area contributed by atoms with Crippen molar-refractivity contribution >= 4 is 21.4 Å². The van der Waals surface area contributed by atoms with Gasteiger partial charge in [0.2, 0.25) is 0 Å². The molecular weight excluding hydrogens is 266 g/mol. The van der Waals surface area contributed by atoms with Gasteiger partial charge in [-0.05, 0) is 61.9 Å². The highest BCUT2D eigenvalue weighted by Crippen LogP contribution is 2.23. The Balaban J connectivity index is 1.82. The van der Waals surface area contributed by atoms with E-state index in [1.807, 2.05) is 10.9 Å². The average molecular weight is 285 g/mol. The van der Waals surface area contributed by atoms with E-state index in [1.165, 1.54) is 10.1 Å². The predicted molar refractivity (Wildman–Crippen MR) is 85.5 cm³/mol. The van der Waals surface area contributed by atoms with Crippen LogP contribution in [0.4, 0.5) is 0 Å². The van der Waals surface area contributed by atoms with Gasteiger partial charge >= 0.3 is 0 Å². The molecule has 0 atom stereocenters. The van der Waals surface area contributed by atoms with E-state index in [2.05, 4.69) is 66.9 Å². The van der Waals surface area contributed by atoms with Gasteiger partial charge in [-0.25, -0.2) is 4.68 Å². The third-order valence-corrected chi connectivity index (χ3v) is 4.04. The van der Waals surface area contributed by atoms with Crippen LogP contribution in [-0.2, 0) is 6.54 Å². The Morgan fingerprint density at radius 2 is 2.05 bits per heavy atom. The first-order valence-electron chi connectivity index (χ1n) is 6.78. The van der Waals surface area contributed by atoms with Gasteiger partial charge in [0.05, 0.1) is 11.4 Å². The molecule has 3 nitrogen and oxygen atoms in total. The quantitative estimate of drug-likeness (QED) is 0.789. The van der Waals surface area contributed by atoms with Crippen molar-refractivity contribution in [3.63, 3.8) is 0 Å². The summed E-state index contributed by atoms with van der Waals surface area (Å²) in [5.74, 6) is 0. The van der Waals surface area contributed by atoms with Crippen LogP contribution >= 0.6 is 11.3 Å². The van der Waals surface area contributed by atoms with E-state index >= 15 is 0 Å². The van der Waals surface area contributed by atoms with Crippen molar-refractivity contribution in [2.24, 2.45) is 0 Å². The van der Waals surface area contributed by atoms with Crippen molar-refractivity contribution in [1.29, 1.82) is 0 Å². The molecular formula is C16H19N3S. The van der Waals surface area contributed by atoms with E-state index in [9.17, 15) is 0 Å². The molecule has 2 aromatic heterocycles. The molecule has 0 amide bonds. The van der Waals surface area contributed by atoms with Crippen LogP contribution in [0.2, 0.25) is 0 Å². The van der Waals surface area contributed by atoms with E-state index < -0.39 is 0 Å². The Labute approximate surface area is 123 Å². The van der Waals surface area contributed by atoms with Gasteiger partial charge in [-0.15, -0.1) is 11.3 Å². The Morgan fingerprint density at radius 1 is 1.20 bits per heavy atom. The van der Waals surface area contributed by atoms with E-state index in [-0.39, 0.29) is 5.54 Å². The second-order valence-electron chi connectivity index (χ2n) is 6.00. The Morgan fingerprint density at radius 3 is 2.85 bits per heavy atom. The monoisotopic (exact) mass is 285 g/mol. The second kappa shape index (κ2) is 5.04. The number of rotatable bonds is 3. The molecule has 0 fully saturated rings. The van der Waals surface area contributed by atoms with Crippen molar-refractivity contribution in [2.75, 3.05) is 0 Å². The summed E-state index contributed by atoms with van der Waals surface area (Å²) < 4.78 is 3.26. The van der Waals surface area contributed by atoms with Crippen LogP contribution < -0.4 is 5.32 Å². The van der Waals surface area contributed by atoms with Crippen molar-refractivity contribution in [3.05, 3.63) is 47.6 Å². The molecule has 0 aliphatic heterocycles. The lowest BCUT2D eigenvalue weighted by Crippen LogP contribution is -2.35. The van der Waals surface area contributed by atoms with E-state index in [4.69, 9.17) is 0 Å². The summed E-state index contributed by atoms with van der Waals surface area (Å²) in [4.78, 5) is 0. The molecule has 0 aliphatic rings. The minimum absolute atomic E-state index is 0.110. The van der Waals surface area contributed by atoms with Crippen LogP contribution in [0, 0.1) is 0 Å². The molecule has 4 heteroatoms. The number of hydrogen-bond donors (Lipinski definition) is 1. The minimum Gasteiger partial charge on any atom is -0.306 e. The molecule has 0 spiro atoms. The van der Waals surface area contributed by atoms with Crippen LogP contribution in [0.5, 0.6) is 0 Å². The number of nitrogens with one attached hydrogen (secondary N) is 1. The highest BCUT2D eigenvalue weighted by atomic mass is 32.1. The van der Waals surface area contributed by atoms with Crippen LogP contribution in [0.1, 0.15) is 26.5 Å². The average Bonchev–Trinajstić information content (AvgIpc) is 3.03. The molecule has 0 unspecified atom stereocenters. The third-order valence-electron chi connectivity index (χ3n) is 3.14. The number of aromatic nitrogens is 2. The molecule has 0 saturated heterocycles. The van der Waals surface area contributed by atoms with E-state index in [0.717, 1.165) is 17.9 Å². The molecule has 0 bridgehead atoms. The first-order chi connectivity index (χ1) is 9.51. The standard InChI is InChI=1S/C16H19N3S/c1-16(2,3)17-11-13-6-8-19(18-13)14-4-5-15-12(10-14)7-9-20-15/h4-10,17H,11H2,1-3H3. The molecule has 0 radical (unpaired) electrons. The second-order valence-corrected chi connectivity index (χ2v) is 6.95. The SMILES string of the molecule is CC(C)(C)NCc1ccn(-c2ccc3sccc3c2)n1. The van der Waals surface area contributed by atoms with Crippen LogP contribution in [0.3, 0.4) is 0 Å². The fraction of sp³-hybridized carbons (Fsp3) is 0.312. The number of thiophene rings is 1. The number of fused-ring (bicyclic) bond motifs is 1. The zero-order valence-corrected chi connectivity index (χ0v) is 12.9. The van der Waals surface area contributed by atoms with Crippen molar-refractivity contribution < 1.29 is 0 Å². The lowest BCUT2D eigenvalue weighted by molar-refractivity contribution is 0.420. The zero-order valence-electron chi connectivity index (χ0n) is 12.1. The summed E-state index contributed by atoms with van der Waals surface area (Å²) in [7, 11) is 0. The number of nitrogens with zero attached hydrogens (tertiary/aromatic N) is 2. The lowest BCUT2D eigenvalue weighted by Gasteiger charge is -2.19. The van der Waals surface area contributed by atoms with Gasteiger partial charge in [0.15, 0.2) is 0 Å². The van der Waals surface area contributed by atoms with Gasteiger partial charge in [0.1, 0.15) is 0 Å². The smallest absolute Gasteiger partial charge is 0.0767 e. The van der Waals surface area contributed by atoms with Crippen LogP contribution in [-0.4, -0.2) is 15.3 Å². The van der Waals surface area contributed by atoms with Crippen LogP contribution in [0.15, 0.2) is 41.9 Å². The molecule has 20 heavy (non-hydrogen) atoms. The summed E-state index contributed by atoms with van der Waals surface area (Å²) in [6, 6.07) is 10.7. The summed E-state index contributed by atoms with van der Waals surface area (Å²) in [6.45, 7) is 7.27. The Bertz CT molecular complexity index is 718. The van der Waals surface area contributed by atoms with Gasteiger partial charge < -0.3 is 5.32 Å². The fourth-order valence-electron chi connectivity index (χ4n) is 2.05. The van der Waals surface area contributed by atoms with Crippen molar-refractivity contribution in [2.45, 2.75) is 32.9 Å². The normalized spacial score (nSPS) is 12.2. The molecule has 104 valence electrons. The summed E-state index contributed by atoms with van der Waals surface area (Å²) in [6.07, 6.45) is 2.02. The first-order valence-corrected chi connectivity index (χ1v) is 7.66. The van der Waals surface area contributed by atoms with Gasteiger partial charge in [-0.1, -0.05) is 0 Å². The van der Waals surface area contributed by atoms with Crippen molar-refractivity contribution in [1.82, 2.24) is 15.1 Å². The van der Waals surface area contributed by atoms with Crippen molar-refractivity contribution in [3.8, 4) is 5.69 Å². The molecule has 0 aliphatic carbocycles. The molecule has 3 aromatic rings. The fourth-order valence-corrected chi connectivity index (χ4v) is 2.82. The first kappa shape index (κ1) is 13.3.